The Balaban J connectivity index is 0.00000400. The minimum atomic E-state index is -0.217. The largest absolute Gasteiger partial charge is 0.494 e. The van der Waals surface area contributed by atoms with Crippen molar-refractivity contribution in [2.75, 3.05) is 56.7 Å². The molecular weight excluding hydrogens is 590 g/mol. The molecule has 2 aliphatic rings. The summed E-state index contributed by atoms with van der Waals surface area (Å²) in [7, 11) is 1.68. The van der Waals surface area contributed by atoms with Crippen LogP contribution in [0.4, 0.5) is 17.3 Å². The zero-order valence-corrected chi connectivity index (χ0v) is 26.6. The highest BCUT2D eigenvalue weighted by atomic mass is 32.1. The van der Waals surface area contributed by atoms with Crippen LogP contribution in [0.2, 0.25) is 0 Å². The van der Waals surface area contributed by atoms with E-state index in [1.54, 1.807) is 36.6 Å². The maximum Gasteiger partial charge on any atom is 0.227 e. The molecule has 13 heteroatoms. The zero-order chi connectivity index (χ0) is 30.3. The molecule has 2 aromatic carbocycles. The van der Waals surface area contributed by atoms with E-state index < -0.39 is 0 Å². The van der Waals surface area contributed by atoms with Gasteiger partial charge in [0.05, 0.1) is 38.1 Å². The number of piperidine rings is 1. The number of hydrogen-bond donors (Lipinski definition) is 1. The predicted octanol–water partition coefficient (Wildman–Crippen LogP) is 4.24. The van der Waals surface area contributed by atoms with Gasteiger partial charge >= 0.3 is 0 Å². The van der Waals surface area contributed by atoms with Gasteiger partial charge in [0.25, 0.3) is 0 Å². The van der Waals surface area contributed by atoms with Crippen LogP contribution in [0.1, 0.15) is 25.3 Å². The van der Waals surface area contributed by atoms with Gasteiger partial charge in [-0.3, -0.25) is 4.90 Å². The lowest BCUT2D eigenvalue weighted by molar-refractivity contribution is 0.0115. The number of nitrogens with one attached hydrogen (secondary N) is 1. The number of morpholine rings is 1. The highest BCUT2D eigenvalue weighted by Gasteiger charge is 2.26. The SMILES string of the molecule is COc1cc(N2CCC(N3CCOCC3)CC2)ccc1Nc1ncc(-c2ccc(C#N)c(O[C@@H](C)Cn3cncn3)c2)cn1.S. The third-order valence-corrected chi connectivity index (χ3v) is 8.15. The fourth-order valence-electron chi connectivity index (χ4n) is 5.81. The molecule has 2 aliphatic heterocycles. The van der Waals surface area contributed by atoms with Gasteiger partial charge in [0, 0.05) is 61.9 Å². The summed E-state index contributed by atoms with van der Waals surface area (Å²) < 4.78 is 19.1. The standard InChI is InChI=1S/C32H37N9O3.H2S/c1-23(20-41-22-34-21-37-41)44-30-15-24(3-4-25(30)17-33)26-18-35-32(36-19-26)38-29-6-5-28(16-31(29)42-2)39-9-7-27(8-10-39)40-11-13-43-14-12-40;/h3-6,15-16,18-19,21-23,27H,7-14,20H2,1-2H3,(H,35,36,38);1H2/t23-;/m0./s1. The van der Waals surface area contributed by atoms with E-state index in [1.807, 2.05) is 25.1 Å². The van der Waals surface area contributed by atoms with E-state index in [0.29, 0.717) is 29.8 Å². The molecule has 2 aromatic heterocycles. The van der Waals surface area contributed by atoms with E-state index in [2.05, 4.69) is 53.4 Å². The number of hydrogen-bond acceptors (Lipinski definition) is 11. The van der Waals surface area contributed by atoms with Gasteiger partial charge in [0.1, 0.15) is 36.3 Å². The summed E-state index contributed by atoms with van der Waals surface area (Å²) >= 11 is 0. The van der Waals surface area contributed by atoms with E-state index >= 15 is 0 Å². The molecule has 0 spiro atoms. The quantitative estimate of drug-likeness (QED) is 0.271. The van der Waals surface area contributed by atoms with Gasteiger partial charge in [-0.1, -0.05) is 6.07 Å². The highest BCUT2D eigenvalue weighted by molar-refractivity contribution is 7.59. The van der Waals surface area contributed by atoms with Crippen LogP contribution in [0.15, 0.2) is 61.4 Å². The highest BCUT2D eigenvalue weighted by Crippen LogP contribution is 2.33. The van der Waals surface area contributed by atoms with Gasteiger partial charge in [0.2, 0.25) is 5.95 Å². The molecule has 1 N–H and O–H groups in total. The average Bonchev–Trinajstić information content (AvgIpc) is 3.58. The summed E-state index contributed by atoms with van der Waals surface area (Å²) in [6, 6.07) is 14.5. The van der Waals surface area contributed by atoms with E-state index in [0.717, 1.165) is 80.5 Å². The summed E-state index contributed by atoms with van der Waals surface area (Å²) in [5.41, 5.74) is 4.05. The molecule has 0 saturated carbocycles. The number of nitriles is 1. The molecule has 12 nitrogen and oxygen atoms in total. The van der Waals surface area contributed by atoms with Crippen molar-refractivity contribution < 1.29 is 14.2 Å². The van der Waals surface area contributed by atoms with E-state index in [1.165, 1.54) is 6.33 Å². The second kappa shape index (κ2) is 15.1. The second-order valence-corrected chi connectivity index (χ2v) is 11.0. The lowest BCUT2D eigenvalue weighted by Crippen LogP contribution is -2.49. The smallest absolute Gasteiger partial charge is 0.227 e. The van der Waals surface area contributed by atoms with Crippen LogP contribution in [0.3, 0.4) is 0 Å². The van der Waals surface area contributed by atoms with Gasteiger partial charge in [0.15, 0.2) is 0 Å². The molecule has 2 saturated heterocycles. The van der Waals surface area contributed by atoms with E-state index in [9.17, 15) is 5.26 Å². The molecule has 0 unspecified atom stereocenters. The van der Waals surface area contributed by atoms with E-state index in [4.69, 9.17) is 14.2 Å². The Bertz CT molecular complexity index is 1570. The first-order valence-electron chi connectivity index (χ1n) is 15.0. The maximum atomic E-state index is 9.61. The van der Waals surface area contributed by atoms with Crippen molar-refractivity contribution in [3.63, 3.8) is 0 Å². The molecular formula is C32H39N9O3S. The first-order valence-corrected chi connectivity index (χ1v) is 15.0. The maximum absolute atomic E-state index is 9.61. The molecule has 4 aromatic rings. The number of benzene rings is 2. The second-order valence-electron chi connectivity index (χ2n) is 11.0. The third-order valence-electron chi connectivity index (χ3n) is 8.15. The van der Waals surface area contributed by atoms with Crippen molar-refractivity contribution >= 4 is 30.8 Å². The summed E-state index contributed by atoms with van der Waals surface area (Å²) in [5.74, 6) is 1.69. The van der Waals surface area contributed by atoms with Crippen LogP contribution in [-0.2, 0) is 11.3 Å². The Hall–Kier alpha value is -4.38. The van der Waals surface area contributed by atoms with Crippen molar-refractivity contribution in [3.05, 3.63) is 67.0 Å². The Morgan fingerprint density at radius 2 is 1.80 bits per heavy atom. The summed E-state index contributed by atoms with van der Waals surface area (Å²) in [6.07, 6.45) is 8.70. The molecule has 2 fully saturated rings. The van der Waals surface area contributed by atoms with Crippen molar-refractivity contribution in [1.82, 2.24) is 29.6 Å². The number of methoxy groups -OCH3 is 1. The lowest BCUT2D eigenvalue weighted by atomic mass is 10.0. The molecule has 0 radical (unpaired) electrons. The first-order chi connectivity index (χ1) is 21.6. The Kier molecular flexibility index (Phi) is 10.7. The third kappa shape index (κ3) is 7.83. The number of rotatable bonds is 10. The van der Waals surface area contributed by atoms with Crippen LogP contribution >= 0.6 is 13.5 Å². The van der Waals surface area contributed by atoms with E-state index in [-0.39, 0.29) is 19.6 Å². The van der Waals surface area contributed by atoms with Crippen molar-refractivity contribution in [3.8, 4) is 28.7 Å². The summed E-state index contributed by atoms with van der Waals surface area (Å²) in [5, 5.41) is 17.0. The van der Waals surface area contributed by atoms with Gasteiger partial charge in [-0.05, 0) is 49.6 Å². The van der Waals surface area contributed by atoms with Crippen molar-refractivity contribution in [1.29, 1.82) is 5.26 Å². The molecule has 6 rings (SSSR count). The lowest BCUT2D eigenvalue weighted by Gasteiger charge is -2.40. The van der Waals surface area contributed by atoms with Crippen LogP contribution < -0.4 is 19.7 Å². The fourth-order valence-corrected chi connectivity index (χ4v) is 5.81. The Morgan fingerprint density at radius 1 is 1.02 bits per heavy atom. The molecule has 4 heterocycles. The van der Waals surface area contributed by atoms with Gasteiger partial charge < -0.3 is 24.4 Å². The van der Waals surface area contributed by atoms with Crippen LogP contribution in [0, 0.1) is 11.3 Å². The monoisotopic (exact) mass is 629 g/mol. The zero-order valence-electron chi connectivity index (χ0n) is 25.6. The number of aromatic nitrogens is 5. The minimum Gasteiger partial charge on any atom is -0.494 e. The summed E-state index contributed by atoms with van der Waals surface area (Å²) in [6.45, 7) is 8.23. The van der Waals surface area contributed by atoms with Gasteiger partial charge in [-0.2, -0.15) is 23.9 Å². The normalized spacial score (nSPS) is 16.3. The van der Waals surface area contributed by atoms with Crippen molar-refractivity contribution in [2.45, 2.75) is 38.5 Å². The van der Waals surface area contributed by atoms with Crippen LogP contribution in [0.5, 0.6) is 11.5 Å². The minimum absolute atomic E-state index is 0. The topological polar surface area (TPSA) is 126 Å². The Morgan fingerprint density at radius 3 is 2.49 bits per heavy atom. The first kappa shape index (κ1) is 32.0. The fraction of sp³-hybridized carbons (Fsp3) is 0.406. The average molecular weight is 630 g/mol. The Labute approximate surface area is 270 Å². The number of nitrogens with zero attached hydrogens (tertiary/aromatic N) is 8. The molecule has 0 bridgehead atoms. The van der Waals surface area contributed by atoms with Gasteiger partial charge in [-0.25, -0.2) is 19.6 Å². The van der Waals surface area contributed by atoms with Crippen LogP contribution in [0.25, 0.3) is 11.1 Å². The molecule has 236 valence electrons. The van der Waals surface area contributed by atoms with Gasteiger partial charge in [-0.15, -0.1) is 0 Å². The molecule has 0 amide bonds. The van der Waals surface area contributed by atoms with Crippen LogP contribution in [-0.4, -0.2) is 88.3 Å². The predicted molar refractivity (Wildman–Crippen MR) is 177 cm³/mol. The molecule has 1 atom stereocenters. The number of ether oxygens (including phenoxy) is 3. The summed E-state index contributed by atoms with van der Waals surface area (Å²) in [4.78, 5) is 18.1. The molecule has 45 heavy (non-hydrogen) atoms. The van der Waals surface area contributed by atoms with Crippen molar-refractivity contribution in [2.24, 2.45) is 0 Å². The molecule has 0 aliphatic carbocycles. The number of anilines is 3.